The van der Waals surface area contributed by atoms with Crippen LogP contribution in [0.3, 0.4) is 0 Å². The molecule has 0 aromatic heterocycles. The minimum absolute atomic E-state index is 0.125. The standard InChI is InChI=1S/C12H22O11.C2H6O2/c13-1-4-6(16)8(18)9(19)11(21-4)23-12(3-15)10(20)7(17)5(2-14)22-12;3-1-2-4/h4-11,13-20H,1-3H2;3-4H,1-2H2/t4-,5-,6-,7-,8+,9-,10+,11-,12+;/m1./s1. The average molecular weight is 404 g/mol. The van der Waals surface area contributed by atoms with Crippen molar-refractivity contribution in [2.75, 3.05) is 33.0 Å². The molecule has 13 heteroatoms. The van der Waals surface area contributed by atoms with Crippen molar-refractivity contribution in [1.29, 1.82) is 0 Å². The van der Waals surface area contributed by atoms with E-state index in [9.17, 15) is 30.6 Å². The summed E-state index contributed by atoms with van der Waals surface area (Å²) in [5.74, 6) is -2.22. The van der Waals surface area contributed by atoms with E-state index < -0.39 is 74.6 Å². The van der Waals surface area contributed by atoms with Gasteiger partial charge in [0.25, 0.3) is 0 Å². The molecule has 0 saturated carbocycles. The first-order chi connectivity index (χ1) is 12.7. The summed E-state index contributed by atoms with van der Waals surface area (Å²) in [4.78, 5) is 0. The second-order valence-electron chi connectivity index (χ2n) is 6.01. The molecule has 2 rings (SSSR count). The molecule has 0 aromatic rings. The third-order valence-corrected chi connectivity index (χ3v) is 4.17. The van der Waals surface area contributed by atoms with Gasteiger partial charge in [-0.05, 0) is 0 Å². The number of aliphatic hydroxyl groups is 10. The van der Waals surface area contributed by atoms with Crippen molar-refractivity contribution in [3.8, 4) is 0 Å². The summed E-state index contributed by atoms with van der Waals surface area (Å²) in [5, 5.41) is 91.9. The van der Waals surface area contributed by atoms with Gasteiger partial charge < -0.3 is 65.3 Å². The molecule has 2 saturated heterocycles. The zero-order valence-corrected chi connectivity index (χ0v) is 14.4. The Labute approximate surface area is 154 Å². The lowest BCUT2D eigenvalue weighted by atomic mass is 9.99. The molecule has 0 spiro atoms. The maximum absolute atomic E-state index is 10.00. The van der Waals surface area contributed by atoms with Gasteiger partial charge in [0.05, 0.1) is 26.4 Å². The zero-order chi connectivity index (χ0) is 20.8. The predicted octanol–water partition coefficient (Wildman–Crippen LogP) is -6.42. The number of rotatable bonds is 6. The van der Waals surface area contributed by atoms with Gasteiger partial charge in [0, 0.05) is 0 Å². The van der Waals surface area contributed by atoms with E-state index in [4.69, 9.17) is 34.6 Å². The molecular weight excluding hydrogens is 376 g/mol. The predicted molar refractivity (Wildman–Crippen MR) is 82.8 cm³/mol. The number of aliphatic hydroxyl groups excluding tert-OH is 10. The van der Waals surface area contributed by atoms with Gasteiger partial charge in [0.2, 0.25) is 5.79 Å². The van der Waals surface area contributed by atoms with E-state index >= 15 is 0 Å². The van der Waals surface area contributed by atoms with E-state index in [-0.39, 0.29) is 13.2 Å². The van der Waals surface area contributed by atoms with Crippen LogP contribution in [0.4, 0.5) is 0 Å². The van der Waals surface area contributed by atoms with E-state index in [1.165, 1.54) is 0 Å². The molecule has 2 aliphatic rings. The van der Waals surface area contributed by atoms with Crippen molar-refractivity contribution in [3.05, 3.63) is 0 Å². The van der Waals surface area contributed by atoms with Gasteiger partial charge in [-0.15, -0.1) is 0 Å². The van der Waals surface area contributed by atoms with Crippen LogP contribution in [-0.4, -0.2) is 139 Å². The third kappa shape index (κ3) is 5.30. The Bertz CT molecular complexity index is 422. The summed E-state index contributed by atoms with van der Waals surface area (Å²) >= 11 is 0. The molecule has 9 atom stereocenters. The first kappa shape index (κ1) is 24.5. The number of ether oxygens (including phenoxy) is 3. The summed E-state index contributed by atoms with van der Waals surface area (Å²) < 4.78 is 15.4. The van der Waals surface area contributed by atoms with Gasteiger partial charge >= 0.3 is 0 Å². The molecule has 0 radical (unpaired) electrons. The normalized spacial score (nSPS) is 44.7. The van der Waals surface area contributed by atoms with Crippen LogP contribution in [0.5, 0.6) is 0 Å². The van der Waals surface area contributed by atoms with Crippen molar-refractivity contribution in [3.63, 3.8) is 0 Å². The van der Waals surface area contributed by atoms with Crippen LogP contribution in [-0.2, 0) is 14.2 Å². The van der Waals surface area contributed by atoms with Crippen LogP contribution in [0.2, 0.25) is 0 Å². The Hall–Kier alpha value is -0.520. The highest BCUT2D eigenvalue weighted by atomic mass is 16.8. The summed E-state index contributed by atoms with van der Waals surface area (Å²) in [6.45, 7) is -2.57. The quantitative estimate of drug-likeness (QED) is 0.199. The summed E-state index contributed by atoms with van der Waals surface area (Å²) in [6, 6.07) is 0. The van der Waals surface area contributed by atoms with Crippen molar-refractivity contribution in [2.45, 2.75) is 54.8 Å². The maximum Gasteiger partial charge on any atom is 0.224 e. The van der Waals surface area contributed by atoms with Crippen LogP contribution in [0, 0.1) is 0 Å². The van der Waals surface area contributed by atoms with Gasteiger partial charge in [-0.3, -0.25) is 0 Å². The molecular formula is C14H28O13. The van der Waals surface area contributed by atoms with E-state index in [1.54, 1.807) is 0 Å². The van der Waals surface area contributed by atoms with Crippen LogP contribution in [0.15, 0.2) is 0 Å². The van der Waals surface area contributed by atoms with E-state index in [0.29, 0.717) is 0 Å². The van der Waals surface area contributed by atoms with Gasteiger partial charge in [0.15, 0.2) is 6.29 Å². The molecule has 2 heterocycles. The van der Waals surface area contributed by atoms with Crippen LogP contribution in [0.25, 0.3) is 0 Å². The number of hydrogen-bond donors (Lipinski definition) is 10. The monoisotopic (exact) mass is 404 g/mol. The summed E-state index contributed by atoms with van der Waals surface area (Å²) in [6.07, 6.45) is -12.7. The Morgan fingerprint density at radius 1 is 0.704 bits per heavy atom. The Morgan fingerprint density at radius 2 is 1.26 bits per heavy atom. The Kier molecular flexibility index (Phi) is 9.87. The number of hydrogen-bond acceptors (Lipinski definition) is 13. The summed E-state index contributed by atoms with van der Waals surface area (Å²) in [5.41, 5.74) is 0. The first-order valence-corrected chi connectivity index (χ1v) is 8.18. The van der Waals surface area contributed by atoms with E-state index in [1.807, 2.05) is 0 Å². The van der Waals surface area contributed by atoms with Crippen LogP contribution >= 0.6 is 0 Å². The van der Waals surface area contributed by atoms with Crippen molar-refractivity contribution in [2.24, 2.45) is 0 Å². The average Bonchev–Trinajstić information content (AvgIpc) is 2.93. The lowest BCUT2D eigenvalue weighted by Crippen LogP contribution is -2.62. The molecule has 0 amide bonds. The molecule has 13 nitrogen and oxygen atoms in total. The van der Waals surface area contributed by atoms with Gasteiger partial charge in [-0.2, -0.15) is 0 Å². The highest BCUT2D eigenvalue weighted by Gasteiger charge is 2.58. The van der Waals surface area contributed by atoms with Gasteiger partial charge in [0.1, 0.15) is 49.3 Å². The molecule has 162 valence electrons. The maximum atomic E-state index is 10.00. The first-order valence-electron chi connectivity index (χ1n) is 8.18. The smallest absolute Gasteiger partial charge is 0.224 e. The highest BCUT2D eigenvalue weighted by molar-refractivity contribution is 4.98. The molecule has 0 aliphatic carbocycles. The minimum atomic E-state index is -2.22. The molecule has 2 fully saturated rings. The topological polar surface area (TPSA) is 230 Å². The second-order valence-corrected chi connectivity index (χ2v) is 6.01. The molecule has 0 unspecified atom stereocenters. The van der Waals surface area contributed by atoms with Crippen molar-refractivity contribution in [1.82, 2.24) is 0 Å². The fourth-order valence-corrected chi connectivity index (χ4v) is 2.63. The lowest BCUT2D eigenvalue weighted by Gasteiger charge is -2.43. The van der Waals surface area contributed by atoms with Crippen LogP contribution in [0.1, 0.15) is 0 Å². The second kappa shape index (κ2) is 10.9. The van der Waals surface area contributed by atoms with Gasteiger partial charge in [-0.25, -0.2) is 0 Å². The van der Waals surface area contributed by atoms with Crippen molar-refractivity contribution < 1.29 is 65.3 Å². The Morgan fingerprint density at radius 3 is 1.67 bits per heavy atom. The van der Waals surface area contributed by atoms with Crippen molar-refractivity contribution >= 4 is 0 Å². The molecule has 0 bridgehead atoms. The SMILES string of the molecule is OCCO.OC[C@H]1O[C@@](CO)(O[C@H]2O[C@H](CO)[C@@H](O)[C@H](O)[C@H]2O)[C@@H](O)[C@@H]1O. The minimum Gasteiger partial charge on any atom is -0.394 e. The fraction of sp³-hybridized carbons (Fsp3) is 1.00. The molecule has 27 heavy (non-hydrogen) atoms. The van der Waals surface area contributed by atoms with E-state index in [0.717, 1.165) is 0 Å². The largest absolute Gasteiger partial charge is 0.394 e. The highest BCUT2D eigenvalue weighted by Crippen LogP contribution is 2.35. The molecule has 10 N–H and O–H groups in total. The fourth-order valence-electron chi connectivity index (χ4n) is 2.63. The molecule has 0 aromatic carbocycles. The van der Waals surface area contributed by atoms with E-state index in [2.05, 4.69) is 0 Å². The lowest BCUT2D eigenvalue weighted by molar-refractivity contribution is -0.383. The van der Waals surface area contributed by atoms with Gasteiger partial charge in [-0.1, -0.05) is 0 Å². The molecule has 2 aliphatic heterocycles. The summed E-state index contributed by atoms with van der Waals surface area (Å²) in [7, 11) is 0. The van der Waals surface area contributed by atoms with Crippen LogP contribution < -0.4 is 0 Å². The Balaban J connectivity index is 0.000000828. The zero-order valence-electron chi connectivity index (χ0n) is 14.4. The third-order valence-electron chi connectivity index (χ3n) is 4.17.